The van der Waals surface area contributed by atoms with Crippen molar-refractivity contribution in [1.29, 1.82) is 0 Å². The van der Waals surface area contributed by atoms with Crippen molar-refractivity contribution in [2.75, 3.05) is 11.6 Å². The average molecular weight is 287 g/mol. The van der Waals surface area contributed by atoms with Crippen molar-refractivity contribution in [3.8, 4) is 5.69 Å². The highest BCUT2D eigenvalue weighted by Crippen LogP contribution is 2.28. The van der Waals surface area contributed by atoms with Crippen molar-refractivity contribution in [1.82, 2.24) is 9.55 Å². The number of nitrogens with one attached hydrogen (secondary N) is 1. The van der Waals surface area contributed by atoms with Gasteiger partial charge in [0, 0.05) is 17.1 Å². The molecule has 1 N–H and O–H groups in total. The maximum Gasteiger partial charge on any atom is 0.207 e. The van der Waals surface area contributed by atoms with Gasteiger partial charge in [-0.3, -0.25) is 4.57 Å². The van der Waals surface area contributed by atoms with Crippen LogP contribution in [-0.4, -0.2) is 21.8 Å². The highest BCUT2D eigenvalue weighted by atomic mass is 32.2. The van der Waals surface area contributed by atoms with Crippen molar-refractivity contribution >= 4 is 17.7 Å². The predicted octanol–water partition coefficient (Wildman–Crippen LogP) is 4.26. The van der Waals surface area contributed by atoms with Crippen molar-refractivity contribution < 1.29 is 0 Å². The van der Waals surface area contributed by atoms with Gasteiger partial charge < -0.3 is 5.32 Å². The standard InChI is InChI=1S/C16H21N3S/c1-12-11-19(14-9-5-6-10-15(14)20-2)16(17-12)18-13-7-3-4-8-13/h5-6,9-11,13H,3-4,7-8H2,1-2H3,(H,17,18). The number of nitrogens with zero attached hydrogens (tertiary/aromatic N) is 2. The summed E-state index contributed by atoms with van der Waals surface area (Å²) in [5, 5.41) is 3.62. The Morgan fingerprint density at radius 3 is 2.75 bits per heavy atom. The number of hydrogen-bond acceptors (Lipinski definition) is 3. The second-order valence-electron chi connectivity index (χ2n) is 5.37. The maximum absolute atomic E-state index is 4.67. The minimum absolute atomic E-state index is 0.581. The summed E-state index contributed by atoms with van der Waals surface area (Å²) in [4.78, 5) is 5.95. The molecular formula is C16H21N3S. The molecular weight excluding hydrogens is 266 g/mol. The molecule has 1 saturated carbocycles. The molecule has 0 bridgehead atoms. The van der Waals surface area contributed by atoms with E-state index < -0.39 is 0 Å². The number of para-hydroxylation sites is 1. The van der Waals surface area contributed by atoms with E-state index in [1.165, 1.54) is 36.3 Å². The van der Waals surface area contributed by atoms with Crippen LogP contribution in [0.3, 0.4) is 0 Å². The van der Waals surface area contributed by atoms with E-state index in [1.807, 2.05) is 0 Å². The van der Waals surface area contributed by atoms with E-state index in [2.05, 4.69) is 58.5 Å². The van der Waals surface area contributed by atoms with Crippen LogP contribution in [0.4, 0.5) is 5.95 Å². The number of aryl methyl sites for hydroxylation is 1. The highest BCUT2D eigenvalue weighted by molar-refractivity contribution is 7.98. The number of imidazole rings is 1. The number of anilines is 1. The molecule has 106 valence electrons. The number of hydrogen-bond donors (Lipinski definition) is 1. The minimum Gasteiger partial charge on any atom is -0.353 e. The molecule has 0 atom stereocenters. The Hall–Kier alpha value is -1.42. The van der Waals surface area contributed by atoms with Gasteiger partial charge in [0.05, 0.1) is 11.4 Å². The summed E-state index contributed by atoms with van der Waals surface area (Å²) in [6, 6.07) is 9.07. The van der Waals surface area contributed by atoms with E-state index in [0.717, 1.165) is 11.6 Å². The fraction of sp³-hybridized carbons (Fsp3) is 0.438. The molecule has 1 aromatic heterocycles. The molecule has 0 aliphatic heterocycles. The first-order valence-corrected chi connectivity index (χ1v) is 8.46. The molecule has 3 rings (SSSR count). The summed E-state index contributed by atoms with van der Waals surface area (Å²) in [7, 11) is 0. The Bertz CT molecular complexity index is 585. The molecule has 20 heavy (non-hydrogen) atoms. The summed E-state index contributed by atoms with van der Waals surface area (Å²) < 4.78 is 2.19. The van der Waals surface area contributed by atoms with Gasteiger partial charge in [-0.05, 0) is 38.2 Å². The van der Waals surface area contributed by atoms with Gasteiger partial charge in [-0.15, -0.1) is 11.8 Å². The molecule has 0 amide bonds. The summed E-state index contributed by atoms with van der Waals surface area (Å²) >= 11 is 1.77. The molecule has 1 aliphatic carbocycles. The zero-order chi connectivity index (χ0) is 13.9. The molecule has 2 aromatic rings. The third kappa shape index (κ3) is 2.70. The van der Waals surface area contributed by atoms with Gasteiger partial charge >= 0.3 is 0 Å². The Morgan fingerprint density at radius 2 is 2.00 bits per heavy atom. The SMILES string of the molecule is CSc1ccccc1-n1cc(C)nc1NC1CCCC1. The molecule has 1 aliphatic rings. The van der Waals surface area contributed by atoms with Crippen LogP contribution in [0.1, 0.15) is 31.4 Å². The lowest BCUT2D eigenvalue weighted by molar-refractivity contribution is 0.739. The van der Waals surface area contributed by atoms with Crippen molar-refractivity contribution in [2.45, 2.75) is 43.5 Å². The largest absolute Gasteiger partial charge is 0.353 e. The molecule has 1 heterocycles. The van der Waals surface area contributed by atoms with Gasteiger partial charge in [-0.2, -0.15) is 0 Å². The maximum atomic E-state index is 4.67. The molecule has 0 unspecified atom stereocenters. The van der Waals surface area contributed by atoms with Crippen LogP contribution in [0.25, 0.3) is 5.69 Å². The Morgan fingerprint density at radius 1 is 1.25 bits per heavy atom. The van der Waals surface area contributed by atoms with Crippen LogP contribution in [0.2, 0.25) is 0 Å². The first kappa shape index (κ1) is 13.6. The van der Waals surface area contributed by atoms with Gasteiger partial charge in [0.2, 0.25) is 5.95 Å². The lowest BCUT2D eigenvalue weighted by Crippen LogP contribution is -2.17. The first-order valence-electron chi connectivity index (χ1n) is 7.24. The average Bonchev–Trinajstić information content (AvgIpc) is 3.09. The lowest BCUT2D eigenvalue weighted by Gasteiger charge is -2.16. The van der Waals surface area contributed by atoms with Gasteiger partial charge in [-0.1, -0.05) is 25.0 Å². The summed E-state index contributed by atoms with van der Waals surface area (Å²) in [5.41, 5.74) is 2.27. The van der Waals surface area contributed by atoms with Crippen LogP contribution in [0.5, 0.6) is 0 Å². The fourth-order valence-electron chi connectivity index (χ4n) is 2.86. The topological polar surface area (TPSA) is 29.9 Å². The van der Waals surface area contributed by atoms with E-state index in [4.69, 9.17) is 0 Å². The van der Waals surface area contributed by atoms with E-state index in [-0.39, 0.29) is 0 Å². The summed E-state index contributed by atoms with van der Waals surface area (Å²) in [5.74, 6) is 0.982. The molecule has 0 radical (unpaired) electrons. The smallest absolute Gasteiger partial charge is 0.207 e. The predicted molar refractivity (Wildman–Crippen MR) is 86.0 cm³/mol. The molecule has 1 fully saturated rings. The van der Waals surface area contributed by atoms with Crippen LogP contribution >= 0.6 is 11.8 Å². The number of benzene rings is 1. The summed E-state index contributed by atoms with van der Waals surface area (Å²) in [6.45, 7) is 2.05. The van der Waals surface area contributed by atoms with Crippen molar-refractivity contribution in [2.24, 2.45) is 0 Å². The third-order valence-corrected chi connectivity index (χ3v) is 4.64. The summed E-state index contributed by atoms with van der Waals surface area (Å²) in [6.07, 6.45) is 9.42. The molecule has 0 spiro atoms. The molecule has 1 aromatic carbocycles. The monoisotopic (exact) mass is 287 g/mol. The van der Waals surface area contributed by atoms with E-state index in [1.54, 1.807) is 11.8 Å². The van der Waals surface area contributed by atoms with Gasteiger partial charge in [-0.25, -0.2) is 4.98 Å². The number of aromatic nitrogens is 2. The number of thioether (sulfide) groups is 1. The minimum atomic E-state index is 0.581. The normalized spacial score (nSPS) is 15.7. The zero-order valence-electron chi connectivity index (χ0n) is 12.1. The Kier molecular flexibility index (Phi) is 4.01. The van der Waals surface area contributed by atoms with Crippen LogP contribution in [0, 0.1) is 6.92 Å². The van der Waals surface area contributed by atoms with Crippen molar-refractivity contribution in [3.63, 3.8) is 0 Å². The highest BCUT2D eigenvalue weighted by Gasteiger charge is 2.18. The van der Waals surface area contributed by atoms with E-state index >= 15 is 0 Å². The third-order valence-electron chi connectivity index (χ3n) is 3.86. The van der Waals surface area contributed by atoms with Gasteiger partial charge in [0.25, 0.3) is 0 Å². The van der Waals surface area contributed by atoms with Crippen LogP contribution in [0.15, 0.2) is 35.4 Å². The fourth-order valence-corrected chi connectivity index (χ4v) is 3.45. The Balaban J connectivity index is 1.96. The molecule has 3 nitrogen and oxygen atoms in total. The molecule has 4 heteroatoms. The van der Waals surface area contributed by atoms with Crippen LogP contribution < -0.4 is 5.32 Å². The first-order chi connectivity index (χ1) is 9.78. The zero-order valence-corrected chi connectivity index (χ0v) is 12.9. The second-order valence-corrected chi connectivity index (χ2v) is 6.22. The van der Waals surface area contributed by atoms with Gasteiger partial charge in [0.1, 0.15) is 0 Å². The molecule has 0 saturated heterocycles. The van der Waals surface area contributed by atoms with E-state index in [9.17, 15) is 0 Å². The number of rotatable bonds is 4. The van der Waals surface area contributed by atoms with Crippen LogP contribution in [-0.2, 0) is 0 Å². The second kappa shape index (κ2) is 5.92. The van der Waals surface area contributed by atoms with Crippen molar-refractivity contribution in [3.05, 3.63) is 36.2 Å². The lowest BCUT2D eigenvalue weighted by atomic mass is 10.2. The van der Waals surface area contributed by atoms with Gasteiger partial charge in [0.15, 0.2) is 0 Å². The Labute approximate surface area is 124 Å². The quantitative estimate of drug-likeness (QED) is 0.852. The van der Waals surface area contributed by atoms with E-state index in [0.29, 0.717) is 6.04 Å².